The third-order valence-electron chi connectivity index (χ3n) is 4.86. The molecule has 4 rings (SSSR count). The van der Waals surface area contributed by atoms with E-state index in [1.807, 2.05) is 30.3 Å². The van der Waals surface area contributed by atoms with Crippen LogP contribution in [0.15, 0.2) is 59.8 Å². The second-order valence-electron chi connectivity index (χ2n) is 6.98. The van der Waals surface area contributed by atoms with E-state index in [9.17, 15) is 5.26 Å². The number of hydrogen-bond acceptors (Lipinski definition) is 6. The van der Waals surface area contributed by atoms with E-state index in [0.717, 1.165) is 35.4 Å². The monoisotopic (exact) mass is 405 g/mol. The Kier molecular flexibility index (Phi) is 6.13. The number of aromatic nitrogens is 3. The summed E-state index contributed by atoms with van der Waals surface area (Å²) in [4.78, 5) is 2.19. The van der Waals surface area contributed by atoms with Gasteiger partial charge in [0.15, 0.2) is 5.16 Å². The SMILES string of the molecule is Cc1ccc(CC(C#N)Sc2nnc(N3CCOCC3)n2-c2ccccc2)cc1. The highest BCUT2D eigenvalue weighted by Crippen LogP contribution is 2.30. The second kappa shape index (κ2) is 9.12. The Bertz CT molecular complexity index is 975. The Morgan fingerprint density at radius 2 is 1.79 bits per heavy atom. The van der Waals surface area contributed by atoms with Gasteiger partial charge < -0.3 is 9.64 Å². The number of rotatable bonds is 6. The highest BCUT2D eigenvalue weighted by atomic mass is 32.2. The number of nitriles is 1. The topological polar surface area (TPSA) is 67.0 Å². The lowest BCUT2D eigenvalue weighted by Crippen LogP contribution is -2.37. The molecule has 29 heavy (non-hydrogen) atoms. The lowest BCUT2D eigenvalue weighted by atomic mass is 10.1. The maximum atomic E-state index is 9.77. The number of hydrogen-bond donors (Lipinski definition) is 0. The number of morpholine rings is 1. The van der Waals surface area contributed by atoms with Crippen LogP contribution in [-0.2, 0) is 11.2 Å². The van der Waals surface area contributed by atoms with Gasteiger partial charge in [-0.05, 0) is 31.0 Å². The zero-order chi connectivity index (χ0) is 20.1. The van der Waals surface area contributed by atoms with Crippen LogP contribution in [0.4, 0.5) is 5.95 Å². The fourth-order valence-electron chi connectivity index (χ4n) is 3.29. The van der Waals surface area contributed by atoms with Gasteiger partial charge in [0.25, 0.3) is 0 Å². The molecule has 1 aromatic heterocycles. The molecule has 1 atom stereocenters. The van der Waals surface area contributed by atoms with Crippen LogP contribution in [0.2, 0.25) is 0 Å². The van der Waals surface area contributed by atoms with E-state index in [2.05, 4.69) is 56.9 Å². The average Bonchev–Trinajstić information content (AvgIpc) is 3.19. The van der Waals surface area contributed by atoms with E-state index in [1.165, 1.54) is 17.3 Å². The largest absolute Gasteiger partial charge is 0.378 e. The molecule has 1 fully saturated rings. The first-order chi connectivity index (χ1) is 14.2. The van der Waals surface area contributed by atoms with Crippen LogP contribution in [0.5, 0.6) is 0 Å². The van der Waals surface area contributed by atoms with Crippen molar-refractivity contribution in [2.45, 2.75) is 23.8 Å². The van der Waals surface area contributed by atoms with Gasteiger partial charge in [-0.3, -0.25) is 4.57 Å². The minimum Gasteiger partial charge on any atom is -0.378 e. The Balaban J connectivity index is 1.63. The van der Waals surface area contributed by atoms with Crippen molar-refractivity contribution in [2.24, 2.45) is 0 Å². The Morgan fingerprint density at radius 1 is 1.07 bits per heavy atom. The summed E-state index contributed by atoms with van der Waals surface area (Å²) < 4.78 is 7.53. The molecule has 0 aliphatic carbocycles. The summed E-state index contributed by atoms with van der Waals surface area (Å²) in [6, 6.07) is 20.8. The van der Waals surface area contributed by atoms with E-state index < -0.39 is 0 Å². The van der Waals surface area contributed by atoms with Crippen molar-refractivity contribution in [2.75, 3.05) is 31.2 Å². The molecule has 1 aliphatic rings. The normalized spacial score (nSPS) is 15.1. The van der Waals surface area contributed by atoms with Crippen LogP contribution in [0.1, 0.15) is 11.1 Å². The van der Waals surface area contributed by atoms with Crippen molar-refractivity contribution in [3.63, 3.8) is 0 Å². The van der Waals surface area contributed by atoms with Crippen molar-refractivity contribution in [3.05, 3.63) is 65.7 Å². The minimum atomic E-state index is -0.248. The third kappa shape index (κ3) is 4.61. The van der Waals surface area contributed by atoms with Crippen molar-refractivity contribution in [3.8, 4) is 11.8 Å². The number of nitrogens with zero attached hydrogens (tertiary/aromatic N) is 5. The molecule has 1 aliphatic heterocycles. The van der Waals surface area contributed by atoms with Crippen molar-refractivity contribution in [1.82, 2.24) is 14.8 Å². The number of benzene rings is 2. The number of anilines is 1. The Morgan fingerprint density at radius 3 is 2.48 bits per heavy atom. The van der Waals surface area contributed by atoms with E-state index in [-0.39, 0.29) is 5.25 Å². The standard InChI is InChI=1S/C22H23N5OS/c1-17-7-9-18(10-8-17)15-20(16-23)29-22-25-24-21(26-11-13-28-14-12-26)27(22)19-5-3-2-4-6-19/h2-10,20H,11-15H2,1H3. The molecular formula is C22H23N5OS. The van der Waals surface area contributed by atoms with Crippen LogP contribution in [-0.4, -0.2) is 46.3 Å². The van der Waals surface area contributed by atoms with Gasteiger partial charge in [-0.25, -0.2) is 0 Å². The van der Waals surface area contributed by atoms with Crippen LogP contribution >= 0.6 is 11.8 Å². The molecule has 2 aromatic carbocycles. The molecule has 3 aromatic rings. The molecule has 148 valence electrons. The van der Waals surface area contributed by atoms with Crippen molar-refractivity contribution in [1.29, 1.82) is 5.26 Å². The van der Waals surface area contributed by atoms with E-state index >= 15 is 0 Å². The van der Waals surface area contributed by atoms with E-state index in [4.69, 9.17) is 4.74 Å². The van der Waals surface area contributed by atoms with E-state index in [1.54, 1.807) is 0 Å². The van der Waals surface area contributed by atoms with Crippen LogP contribution < -0.4 is 4.90 Å². The van der Waals surface area contributed by atoms with Crippen molar-refractivity contribution < 1.29 is 4.74 Å². The highest BCUT2D eigenvalue weighted by molar-refractivity contribution is 8.00. The first-order valence-electron chi connectivity index (χ1n) is 9.70. The maximum absolute atomic E-state index is 9.77. The summed E-state index contributed by atoms with van der Waals surface area (Å²) in [6.45, 7) is 4.98. The summed E-state index contributed by atoms with van der Waals surface area (Å²) in [5, 5.41) is 19.2. The zero-order valence-electron chi connectivity index (χ0n) is 16.4. The quantitative estimate of drug-likeness (QED) is 0.584. The maximum Gasteiger partial charge on any atom is 0.232 e. The molecule has 0 N–H and O–H groups in total. The summed E-state index contributed by atoms with van der Waals surface area (Å²) >= 11 is 1.46. The molecule has 0 radical (unpaired) electrons. The van der Waals surface area contributed by atoms with Crippen LogP contribution in [0.25, 0.3) is 5.69 Å². The molecule has 1 saturated heterocycles. The predicted molar refractivity (Wildman–Crippen MR) is 115 cm³/mol. The molecule has 1 unspecified atom stereocenters. The second-order valence-corrected chi connectivity index (χ2v) is 8.15. The lowest BCUT2D eigenvalue weighted by Gasteiger charge is -2.28. The molecule has 0 bridgehead atoms. The minimum absolute atomic E-state index is 0.248. The van der Waals surface area contributed by atoms with Gasteiger partial charge in [0.1, 0.15) is 5.25 Å². The molecule has 0 spiro atoms. The Hall–Kier alpha value is -2.82. The van der Waals surface area contributed by atoms with Gasteiger partial charge in [0.05, 0.1) is 25.0 Å². The van der Waals surface area contributed by atoms with Gasteiger partial charge in [-0.15, -0.1) is 10.2 Å². The first-order valence-corrected chi connectivity index (χ1v) is 10.6. The molecule has 0 saturated carbocycles. The number of ether oxygens (including phenoxy) is 1. The molecule has 6 nitrogen and oxygen atoms in total. The van der Waals surface area contributed by atoms with Gasteiger partial charge in [-0.1, -0.05) is 59.8 Å². The van der Waals surface area contributed by atoms with Gasteiger partial charge in [-0.2, -0.15) is 5.26 Å². The van der Waals surface area contributed by atoms with Gasteiger partial charge in [0, 0.05) is 13.1 Å². The van der Waals surface area contributed by atoms with Gasteiger partial charge in [0.2, 0.25) is 5.95 Å². The first kappa shape index (κ1) is 19.5. The number of aryl methyl sites for hydroxylation is 1. The molecular weight excluding hydrogens is 382 g/mol. The predicted octanol–water partition coefficient (Wildman–Crippen LogP) is 3.64. The molecule has 2 heterocycles. The third-order valence-corrected chi connectivity index (χ3v) is 5.89. The van der Waals surface area contributed by atoms with E-state index in [0.29, 0.717) is 19.6 Å². The summed E-state index contributed by atoms with van der Waals surface area (Å²) in [5.74, 6) is 0.800. The summed E-state index contributed by atoms with van der Waals surface area (Å²) in [7, 11) is 0. The highest BCUT2D eigenvalue weighted by Gasteiger charge is 2.24. The summed E-state index contributed by atoms with van der Waals surface area (Å²) in [6.07, 6.45) is 0.663. The van der Waals surface area contributed by atoms with Crippen molar-refractivity contribution >= 4 is 17.7 Å². The summed E-state index contributed by atoms with van der Waals surface area (Å²) in [5.41, 5.74) is 3.36. The fourth-order valence-corrected chi connectivity index (χ4v) is 4.25. The number of thioether (sulfide) groups is 1. The van der Waals surface area contributed by atoms with Gasteiger partial charge >= 0.3 is 0 Å². The molecule has 0 amide bonds. The fraction of sp³-hybridized carbons (Fsp3) is 0.318. The van der Waals surface area contributed by atoms with Crippen LogP contribution in [0, 0.1) is 18.3 Å². The lowest BCUT2D eigenvalue weighted by molar-refractivity contribution is 0.122. The molecule has 7 heteroatoms. The zero-order valence-corrected chi connectivity index (χ0v) is 17.2. The smallest absolute Gasteiger partial charge is 0.232 e. The Labute approximate surface area is 175 Å². The average molecular weight is 406 g/mol. The number of para-hydroxylation sites is 1. The van der Waals surface area contributed by atoms with Crippen LogP contribution in [0.3, 0.4) is 0 Å².